The van der Waals surface area contributed by atoms with Crippen molar-refractivity contribution in [3.63, 3.8) is 0 Å². The second-order valence-corrected chi connectivity index (χ2v) is 4.58. The van der Waals surface area contributed by atoms with Crippen LogP contribution in [0.5, 0.6) is 0 Å². The molecule has 1 aliphatic carbocycles. The lowest BCUT2D eigenvalue weighted by atomic mass is 9.95. The second kappa shape index (κ2) is 2.49. The van der Waals surface area contributed by atoms with Crippen molar-refractivity contribution in [3.8, 4) is 0 Å². The number of fused-ring (bicyclic) bond motifs is 1. The van der Waals surface area contributed by atoms with Gasteiger partial charge < -0.3 is 5.32 Å². The molecular formula is C11H12ClN. The molecule has 68 valence electrons. The summed E-state index contributed by atoms with van der Waals surface area (Å²) < 4.78 is 0. The average Bonchev–Trinajstić information content (AvgIpc) is 2.70. The highest BCUT2D eigenvalue weighted by Crippen LogP contribution is 2.57. The summed E-state index contributed by atoms with van der Waals surface area (Å²) in [5.74, 6) is 0.840. The van der Waals surface area contributed by atoms with Gasteiger partial charge in [0.25, 0.3) is 0 Å². The lowest BCUT2D eigenvalue weighted by molar-refractivity contribution is 0.676. The van der Waals surface area contributed by atoms with Crippen LogP contribution >= 0.6 is 11.6 Å². The van der Waals surface area contributed by atoms with E-state index in [2.05, 4.69) is 17.4 Å². The van der Waals surface area contributed by atoms with E-state index in [1.807, 2.05) is 12.1 Å². The van der Waals surface area contributed by atoms with E-state index in [0.29, 0.717) is 5.41 Å². The van der Waals surface area contributed by atoms with E-state index in [9.17, 15) is 0 Å². The Morgan fingerprint density at radius 3 is 2.85 bits per heavy atom. The molecule has 1 aliphatic heterocycles. The van der Waals surface area contributed by atoms with Gasteiger partial charge in [-0.2, -0.15) is 0 Å². The molecule has 1 N–H and O–H groups in total. The zero-order valence-corrected chi connectivity index (χ0v) is 8.14. The fourth-order valence-electron chi connectivity index (χ4n) is 2.62. The summed E-state index contributed by atoms with van der Waals surface area (Å²) in [5, 5.41) is 4.37. The largest absolute Gasteiger partial charge is 0.316 e. The Labute approximate surface area is 83.1 Å². The maximum atomic E-state index is 6.19. The predicted octanol–water partition coefficient (Wildman–Crippen LogP) is 2.20. The van der Waals surface area contributed by atoms with Gasteiger partial charge in [0.05, 0.1) is 0 Å². The molecule has 1 saturated carbocycles. The molecule has 2 aliphatic rings. The van der Waals surface area contributed by atoms with Gasteiger partial charge in [-0.15, -0.1) is 0 Å². The van der Waals surface area contributed by atoms with Crippen LogP contribution in [0.25, 0.3) is 0 Å². The molecule has 0 radical (unpaired) electrons. The summed E-state index contributed by atoms with van der Waals surface area (Å²) in [4.78, 5) is 0. The Morgan fingerprint density at radius 1 is 1.38 bits per heavy atom. The first-order valence-corrected chi connectivity index (χ1v) is 5.16. The first-order chi connectivity index (χ1) is 6.33. The summed E-state index contributed by atoms with van der Waals surface area (Å²) in [6.07, 6.45) is 1.32. The zero-order valence-electron chi connectivity index (χ0n) is 7.39. The van der Waals surface area contributed by atoms with E-state index in [-0.39, 0.29) is 0 Å². The molecule has 1 nitrogen and oxygen atoms in total. The molecule has 2 heteroatoms. The highest BCUT2D eigenvalue weighted by molar-refractivity contribution is 6.31. The maximum Gasteiger partial charge on any atom is 0.0444 e. The third kappa shape index (κ3) is 0.976. The number of piperidine rings is 1. The Balaban J connectivity index is 2.06. The highest BCUT2D eigenvalue weighted by Gasteiger charge is 2.58. The first-order valence-electron chi connectivity index (χ1n) is 4.79. The van der Waals surface area contributed by atoms with Crippen LogP contribution in [0.3, 0.4) is 0 Å². The summed E-state index contributed by atoms with van der Waals surface area (Å²) in [6, 6.07) is 8.26. The molecule has 13 heavy (non-hydrogen) atoms. The maximum absolute atomic E-state index is 6.19. The molecule has 1 heterocycles. The zero-order chi connectivity index (χ0) is 8.89. The third-order valence-corrected chi connectivity index (χ3v) is 3.80. The Bertz CT molecular complexity index is 350. The topological polar surface area (TPSA) is 12.0 Å². The van der Waals surface area contributed by atoms with Crippen molar-refractivity contribution in [2.75, 3.05) is 13.1 Å². The van der Waals surface area contributed by atoms with Gasteiger partial charge in [0.1, 0.15) is 0 Å². The minimum Gasteiger partial charge on any atom is -0.316 e. The van der Waals surface area contributed by atoms with Crippen LogP contribution in [-0.2, 0) is 5.41 Å². The van der Waals surface area contributed by atoms with Crippen molar-refractivity contribution < 1.29 is 0 Å². The molecular weight excluding hydrogens is 182 g/mol. The first kappa shape index (κ1) is 7.84. The molecule has 1 aromatic carbocycles. The molecule has 3 rings (SSSR count). The lowest BCUT2D eigenvalue weighted by Gasteiger charge is -2.13. The minimum atomic E-state index is 0.401. The number of nitrogens with one attached hydrogen (secondary N) is 1. The van der Waals surface area contributed by atoms with E-state index >= 15 is 0 Å². The molecule has 2 atom stereocenters. The Morgan fingerprint density at radius 2 is 2.23 bits per heavy atom. The standard InChI is InChI=1S/C11H12ClN/c12-10-4-2-1-3-9(10)11-5-8(11)6-13-7-11/h1-4,8,13H,5-7H2/t8-,11+/m0/s1. The second-order valence-electron chi connectivity index (χ2n) is 4.17. The van der Waals surface area contributed by atoms with Crippen molar-refractivity contribution in [1.82, 2.24) is 5.32 Å². The van der Waals surface area contributed by atoms with Gasteiger partial charge in [-0.05, 0) is 30.5 Å². The Kier molecular flexibility index (Phi) is 1.50. The van der Waals surface area contributed by atoms with E-state index < -0.39 is 0 Å². The SMILES string of the molecule is Clc1ccccc1[C@]12CNC[C@@H]1C2. The van der Waals surface area contributed by atoms with E-state index in [1.54, 1.807) is 0 Å². The number of benzene rings is 1. The lowest BCUT2D eigenvalue weighted by Crippen LogP contribution is -2.19. The molecule has 0 amide bonds. The van der Waals surface area contributed by atoms with Crippen LogP contribution in [0, 0.1) is 5.92 Å². The highest BCUT2D eigenvalue weighted by atomic mass is 35.5. The summed E-state index contributed by atoms with van der Waals surface area (Å²) in [6.45, 7) is 2.28. The fourth-order valence-corrected chi connectivity index (χ4v) is 2.95. The summed E-state index contributed by atoms with van der Waals surface area (Å²) >= 11 is 6.19. The van der Waals surface area contributed by atoms with Crippen LogP contribution in [0.1, 0.15) is 12.0 Å². The van der Waals surface area contributed by atoms with Crippen LogP contribution in [-0.4, -0.2) is 13.1 Å². The molecule has 0 bridgehead atoms. The molecule has 1 saturated heterocycles. The number of hydrogen-bond donors (Lipinski definition) is 1. The van der Waals surface area contributed by atoms with Gasteiger partial charge >= 0.3 is 0 Å². The number of halogens is 1. The normalized spacial score (nSPS) is 35.9. The summed E-state index contributed by atoms with van der Waals surface area (Å²) in [5.41, 5.74) is 1.75. The van der Waals surface area contributed by atoms with E-state index in [0.717, 1.165) is 17.5 Å². The van der Waals surface area contributed by atoms with Crippen LogP contribution in [0.15, 0.2) is 24.3 Å². The van der Waals surface area contributed by atoms with Gasteiger partial charge in [0.15, 0.2) is 0 Å². The minimum absolute atomic E-state index is 0.401. The van der Waals surface area contributed by atoms with Crippen molar-refractivity contribution in [2.24, 2.45) is 5.92 Å². The van der Waals surface area contributed by atoms with Crippen LogP contribution in [0.4, 0.5) is 0 Å². The van der Waals surface area contributed by atoms with E-state index in [1.165, 1.54) is 18.5 Å². The van der Waals surface area contributed by atoms with Gasteiger partial charge in [-0.1, -0.05) is 29.8 Å². The summed E-state index contributed by atoms with van der Waals surface area (Å²) in [7, 11) is 0. The van der Waals surface area contributed by atoms with Crippen molar-refractivity contribution >= 4 is 11.6 Å². The van der Waals surface area contributed by atoms with Gasteiger partial charge in [0, 0.05) is 17.0 Å². The number of hydrogen-bond acceptors (Lipinski definition) is 1. The number of rotatable bonds is 1. The fraction of sp³-hybridized carbons (Fsp3) is 0.455. The molecule has 0 spiro atoms. The van der Waals surface area contributed by atoms with Crippen molar-refractivity contribution in [1.29, 1.82) is 0 Å². The molecule has 0 aromatic heterocycles. The van der Waals surface area contributed by atoms with Gasteiger partial charge in [-0.25, -0.2) is 0 Å². The van der Waals surface area contributed by atoms with Crippen LogP contribution < -0.4 is 5.32 Å². The smallest absolute Gasteiger partial charge is 0.0444 e. The third-order valence-electron chi connectivity index (χ3n) is 3.47. The van der Waals surface area contributed by atoms with Gasteiger partial charge in [0.2, 0.25) is 0 Å². The van der Waals surface area contributed by atoms with Crippen molar-refractivity contribution in [3.05, 3.63) is 34.9 Å². The van der Waals surface area contributed by atoms with Gasteiger partial charge in [-0.3, -0.25) is 0 Å². The van der Waals surface area contributed by atoms with Crippen molar-refractivity contribution in [2.45, 2.75) is 11.8 Å². The molecule has 0 unspecified atom stereocenters. The quantitative estimate of drug-likeness (QED) is 0.721. The van der Waals surface area contributed by atoms with E-state index in [4.69, 9.17) is 11.6 Å². The Hall–Kier alpha value is -0.530. The predicted molar refractivity (Wildman–Crippen MR) is 54.1 cm³/mol. The average molecular weight is 194 g/mol. The monoisotopic (exact) mass is 193 g/mol. The molecule has 2 fully saturated rings. The molecule has 1 aromatic rings. The van der Waals surface area contributed by atoms with Crippen LogP contribution in [0.2, 0.25) is 5.02 Å².